The number of hydrogen-bond acceptors (Lipinski definition) is 9. The highest BCUT2D eigenvalue weighted by molar-refractivity contribution is 6.35. The van der Waals surface area contributed by atoms with Gasteiger partial charge < -0.3 is 29.0 Å². The Balaban J connectivity index is 2.47. The molecule has 0 saturated carbocycles. The molecule has 0 aliphatic carbocycles. The van der Waals surface area contributed by atoms with Gasteiger partial charge in [-0.05, 0) is 18.2 Å². The van der Waals surface area contributed by atoms with Gasteiger partial charge in [-0.3, -0.25) is 19.2 Å². The number of carbonyl (C=O) groups excluding carboxylic acids is 4. The van der Waals surface area contributed by atoms with Crippen molar-refractivity contribution in [2.45, 2.75) is 58.3 Å². The van der Waals surface area contributed by atoms with Crippen LogP contribution >= 0.6 is 23.2 Å². The van der Waals surface area contributed by atoms with E-state index in [1.165, 1.54) is 32.0 Å². The molecule has 0 unspecified atom stereocenters. The Morgan fingerprint density at radius 3 is 2.12 bits per heavy atom. The summed E-state index contributed by atoms with van der Waals surface area (Å²) in [4.78, 5) is 46.8. The van der Waals surface area contributed by atoms with E-state index in [1.54, 1.807) is 0 Å². The fraction of sp³-hybridized carbons (Fsp3) is 0.500. The van der Waals surface area contributed by atoms with Crippen molar-refractivity contribution in [1.29, 1.82) is 0 Å². The second-order valence-corrected chi connectivity index (χ2v) is 7.76. The second kappa shape index (κ2) is 11.3. The molecule has 1 N–H and O–H groups in total. The van der Waals surface area contributed by atoms with Gasteiger partial charge in [0.05, 0.1) is 5.02 Å². The smallest absolute Gasteiger partial charge is 0.303 e. The molecule has 1 aromatic rings. The summed E-state index contributed by atoms with van der Waals surface area (Å²) in [6.45, 7) is 4.39. The van der Waals surface area contributed by atoms with Crippen LogP contribution in [0.2, 0.25) is 10.0 Å². The maximum Gasteiger partial charge on any atom is 0.303 e. The van der Waals surface area contributed by atoms with E-state index in [0.29, 0.717) is 5.02 Å². The summed E-state index contributed by atoms with van der Waals surface area (Å²) in [6.07, 6.45) is -4.80. The van der Waals surface area contributed by atoms with Crippen LogP contribution in [0.4, 0.5) is 0 Å². The van der Waals surface area contributed by atoms with E-state index in [2.05, 4.69) is 5.32 Å². The SMILES string of the molecule is CC(=O)N[C@@H]1[C@H](Oc2ccc(Cl)cc2Cl)O[C@H](COC(C)=O)[C@H](OC(C)=O)[C@@H]1OC(C)=O. The third-order valence-electron chi connectivity index (χ3n) is 4.21. The Kier molecular flexibility index (Phi) is 9.11. The van der Waals surface area contributed by atoms with Gasteiger partial charge in [-0.1, -0.05) is 23.2 Å². The van der Waals surface area contributed by atoms with Gasteiger partial charge in [0.15, 0.2) is 12.2 Å². The van der Waals surface area contributed by atoms with Crippen molar-refractivity contribution in [1.82, 2.24) is 5.32 Å². The Morgan fingerprint density at radius 2 is 1.59 bits per heavy atom. The molecule has 0 bridgehead atoms. The van der Waals surface area contributed by atoms with Gasteiger partial charge in [-0.15, -0.1) is 0 Å². The van der Waals surface area contributed by atoms with E-state index in [9.17, 15) is 19.2 Å². The van der Waals surface area contributed by atoms with Crippen molar-refractivity contribution in [2.75, 3.05) is 6.61 Å². The summed E-state index contributed by atoms with van der Waals surface area (Å²) >= 11 is 12.1. The highest BCUT2D eigenvalue weighted by atomic mass is 35.5. The van der Waals surface area contributed by atoms with E-state index in [0.717, 1.165) is 13.8 Å². The zero-order chi connectivity index (χ0) is 24.0. The number of hydrogen-bond donors (Lipinski definition) is 1. The van der Waals surface area contributed by atoms with Crippen molar-refractivity contribution in [3.63, 3.8) is 0 Å². The van der Waals surface area contributed by atoms with Crippen molar-refractivity contribution in [3.05, 3.63) is 28.2 Å². The van der Waals surface area contributed by atoms with Crippen LogP contribution in [0.5, 0.6) is 5.75 Å². The van der Waals surface area contributed by atoms with Crippen molar-refractivity contribution < 1.29 is 42.9 Å². The first-order valence-corrected chi connectivity index (χ1v) is 10.3. The molecule has 0 radical (unpaired) electrons. The van der Waals surface area contributed by atoms with Crippen molar-refractivity contribution >= 4 is 47.0 Å². The average molecular weight is 492 g/mol. The maximum atomic E-state index is 11.9. The molecule has 12 heteroatoms. The van der Waals surface area contributed by atoms with Crippen LogP contribution < -0.4 is 10.1 Å². The molecule has 1 aliphatic heterocycles. The van der Waals surface area contributed by atoms with Crippen LogP contribution in [-0.2, 0) is 38.1 Å². The van der Waals surface area contributed by atoms with Crippen molar-refractivity contribution in [3.8, 4) is 5.75 Å². The Bertz CT molecular complexity index is 879. The van der Waals surface area contributed by atoms with E-state index >= 15 is 0 Å². The van der Waals surface area contributed by atoms with E-state index in [4.69, 9.17) is 46.9 Å². The molecule has 1 saturated heterocycles. The first-order chi connectivity index (χ1) is 15.0. The molecule has 1 aliphatic rings. The number of esters is 3. The predicted octanol–water partition coefficient (Wildman–Crippen LogP) is 2.03. The van der Waals surface area contributed by atoms with Crippen LogP contribution in [0, 0.1) is 0 Å². The minimum Gasteiger partial charge on any atom is -0.463 e. The minimum absolute atomic E-state index is 0.158. The molecule has 32 heavy (non-hydrogen) atoms. The van der Waals surface area contributed by atoms with Gasteiger partial charge in [0.2, 0.25) is 12.2 Å². The monoisotopic (exact) mass is 491 g/mol. The van der Waals surface area contributed by atoms with Crippen LogP contribution in [-0.4, -0.2) is 61.1 Å². The molecule has 2 rings (SSSR count). The van der Waals surface area contributed by atoms with Gasteiger partial charge in [0.25, 0.3) is 0 Å². The highest BCUT2D eigenvalue weighted by Gasteiger charge is 2.52. The van der Waals surface area contributed by atoms with E-state index < -0.39 is 54.5 Å². The molecule has 1 amide bonds. The molecule has 0 spiro atoms. The lowest BCUT2D eigenvalue weighted by molar-refractivity contribution is -0.257. The summed E-state index contributed by atoms with van der Waals surface area (Å²) in [5, 5.41) is 3.12. The molecule has 0 aromatic heterocycles. The molecule has 1 aromatic carbocycles. The standard InChI is InChI=1S/C20H23Cl2NO9/c1-9(24)23-17-19(30-12(4)27)18(29-11(3)26)16(8-28-10(2)25)32-20(17)31-15-6-5-13(21)7-14(15)22/h5-7,16-20H,8H2,1-4H3,(H,23,24)/t16-,17+,18+,19-,20-/m1/s1. The fourth-order valence-electron chi connectivity index (χ4n) is 3.09. The largest absolute Gasteiger partial charge is 0.463 e. The fourth-order valence-corrected chi connectivity index (χ4v) is 3.54. The van der Waals surface area contributed by atoms with Crippen LogP contribution in [0.1, 0.15) is 27.7 Å². The molecule has 1 heterocycles. The van der Waals surface area contributed by atoms with Crippen LogP contribution in [0.15, 0.2) is 18.2 Å². The number of halogens is 2. The zero-order valence-corrected chi connectivity index (χ0v) is 19.3. The van der Waals surface area contributed by atoms with E-state index in [1.807, 2.05) is 0 Å². The number of ether oxygens (including phenoxy) is 5. The van der Waals surface area contributed by atoms with Gasteiger partial charge in [0.1, 0.15) is 24.5 Å². The Hall–Kier alpha value is -2.56. The number of nitrogens with one attached hydrogen (secondary N) is 1. The lowest BCUT2D eigenvalue weighted by Gasteiger charge is -2.44. The molecule has 5 atom stereocenters. The summed E-state index contributed by atoms with van der Waals surface area (Å²) in [5.74, 6) is -2.35. The minimum atomic E-state index is -1.27. The van der Waals surface area contributed by atoms with Gasteiger partial charge >= 0.3 is 17.9 Å². The first-order valence-electron chi connectivity index (χ1n) is 9.50. The predicted molar refractivity (Wildman–Crippen MR) is 111 cm³/mol. The lowest BCUT2D eigenvalue weighted by Crippen LogP contribution is -2.67. The van der Waals surface area contributed by atoms with Crippen LogP contribution in [0.25, 0.3) is 0 Å². The maximum absolute atomic E-state index is 11.9. The summed E-state index contributed by atoms with van der Waals surface area (Å²) < 4.78 is 27.5. The molecular formula is C20H23Cl2NO9. The number of rotatable bonds is 7. The second-order valence-electron chi connectivity index (χ2n) is 6.91. The van der Waals surface area contributed by atoms with Crippen molar-refractivity contribution in [2.24, 2.45) is 0 Å². The summed E-state index contributed by atoms with van der Waals surface area (Å²) in [5.41, 5.74) is 0. The topological polar surface area (TPSA) is 126 Å². The third-order valence-corrected chi connectivity index (χ3v) is 4.74. The quantitative estimate of drug-likeness (QED) is 0.449. The molecule has 176 valence electrons. The van der Waals surface area contributed by atoms with Gasteiger partial charge in [-0.2, -0.15) is 0 Å². The van der Waals surface area contributed by atoms with Gasteiger partial charge in [0, 0.05) is 32.7 Å². The molecular weight excluding hydrogens is 469 g/mol. The number of carbonyl (C=O) groups is 4. The van der Waals surface area contributed by atoms with Gasteiger partial charge in [-0.25, -0.2) is 0 Å². The average Bonchev–Trinajstić information content (AvgIpc) is 2.65. The molecule has 10 nitrogen and oxygen atoms in total. The highest BCUT2D eigenvalue weighted by Crippen LogP contribution is 2.33. The third kappa shape index (κ3) is 7.25. The zero-order valence-electron chi connectivity index (χ0n) is 17.8. The Labute approximate surface area is 194 Å². The number of amides is 1. The normalized spacial score (nSPS) is 24.8. The number of benzene rings is 1. The first kappa shape index (κ1) is 25.7. The lowest BCUT2D eigenvalue weighted by atomic mass is 9.96. The Morgan fingerprint density at radius 1 is 0.969 bits per heavy atom. The van der Waals surface area contributed by atoms with Crippen LogP contribution in [0.3, 0.4) is 0 Å². The van der Waals surface area contributed by atoms with E-state index in [-0.39, 0.29) is 17.4 Å². The summed E-state index contributed by atoms with van der Waals surface area (Å²) in [6, 6.07) is 3.34. The summed E-state index contributed by atoms with van der Waals surface area (Å²) in [7, 11) is 0. The molecule has 1 fully saturated rings.